The van der Waals surface area contributed by atoms with Crippen LogP contribution >= 0.6 is 9.24 Å². The van der Waals surface area contributed by atoms with Crippen molar-refractivity contribution in [3.05, 3.63) is 12.7 Å². The summed E-state index contributed by atoms with van der Waals surface area (Å²) in [4.78, 5) is 10.5. The molecule has 1 spiro atoms. The monoisotopic (exact) mass is 273 g/mol. The van der Waals surface area contributed by atoms with Crippen LogP contribution in [0.4, 0.5) is 0 Å². The molecule has 10 rings (SSSR count). The molecule has 10 aliphatic heterocycles. The van der Waals surface area contributed by atoms with Crippen LogP contribution in [0.3, 0.4) is 0 Å². The third-order valence-corrected chi connectivity index (χ3v) is 60.0. The van der Waals surface area contributed by atoms with Gasteiger partial charge >= 0.3 is 87.1 Å². The van der Waals surface area contributed by atoms with Crippen molar-refractivity contribution in [2.45, 2.75) is 52.9 Å². The van der Waals surface area contributed by atoms with Gasteiger partial charge in [0.05, 0.1) is 0 Å². The van der Waals surface area contributed by atoms with Crippen molar-refractivity contribution in [3.8, 4) is 0 Å². The second kappa shape index (κ2) is 0.458. The molecule has 7 unspecified atom stereocenters. The topological polar surface area (TPSA) is 26.0 Å². The van der Waals surface area contributed by atoms with E-state index in [1.165, 1.54) is 38.5 Å². The van der Waals surface area contributed by atoms with Gasteiger partial charge in [0.25, 0.3) is 0 Å². The van der Waals surface area contributed by atoms with Crippen LogP contribution in [0.5, 0.6) is 0 Å². The van der Waals surface area contributed by atoms with E-state index in [9.17, 15) is 0 Å². The van der Waals surface area contributed by atoms with Gasteiger partial charge in [0.1, 0.15) is 0 Å². The molecule has 0 radical (unpaired) electrons. The van der Waals surface area contributed by atoms with Crippen LogP contribution in [0.25, 0.3) is 0 Å². The molecule has 0 bridgehead atoms. The number of fused-ring (bicyclic) bond motifs is 10. The van der Waals surface area contributed by atoms with Crippen molar-refractivity contribution < 1.29 is 6.51 Å². The zero-order valence-electron chi connectivity index (χ0n) is 8.99. The Kier molecular flexibility index (Phi) is 0.177. The number of hydrogen-bond donors (Lipinski definition) is 1. The van der Waals surface area contributed by atoms with E-state index in [-0.39, 0.29) is 0 Å². The molecule has 10 aliphatic rings. The molecule has 16 heavy (non-hydrogen) atoms. The van der Waals surface area contributed by atoms with E-state index in [1.807, 2.05) is 0 Å². The van der Waals surface area contributed by atoms with E-state index >= 15 is 0 Å². The molecule has 0 amide bonds. The Bertz CT molecular complexity index is 969. The number of hydrogen-bond acceptors (Lipinski definition) is 1. The molecule has 7 atom stereocenters. The number of nitrogens with two attached hydrogens (primary N) is 1. The maximum absolute atomic E-state index is 7.21. The summed E-state index contributed by atoms with van der Waals surface area (Å²) in [5.74, 6) is 0. The first-order valence-corrected chi connectivity index (χ1v) is 13.7. The summed E-state index contributed by atoms with van der Waals surface area (Å²) in [5, 5.41) is 0. The van der Waals surface area contributed by atoms with Crippen molar-refractivity contribution in [1.29, 1.82) is 0 Å². The molecule has 10 heterocycles. The van der Waals surface area contributed by atoms with Crippen molar-refractivity contribution >= 4 is 9.24 Å². The fourth-order valence-corrected chi connectivity index (χ4v) is 96.6. The minimum absolute atomic E-state index is 0.521. The Morgan fingerprint density at radius 3 is 1.88 bits per heavy atom. The van der Waals surface area contributed by atoms with Crippen molar-refractivity contribution in [2.75, 3.05) is 0 Å². The average molecular weight is 273 g/mol. The van der Waals surface area contributed by atoms with Gasteiger partial charge in [-0.15, -0.1) is 0 Å². The Labute approximate surface area is 87.1 Å². The molecule has 0 aliphatic carbocycles. The summed E-state index contributed by atoms with van der Waals surface area (Å²) in [6.45, 7) is 1.02. The number of allylic oxidation sites excluding steroid dienone is 1. The van der Waals surface area contributed by atoms with Crippen LogP contribution in [0, 0.1) is 0 Å². The molecule has 0 aromatic carbocycles. The zero-order chi connectivity index (χ0) is 10.2. The molecule has 0 aromatic rings. The van der Waals surface area contributed by atoms with E-state index in [2.05, 4.69) is 21.9 Å². The van der Waals surface area contributed by atoms with E-state index in [0.29, 0.717) is 10.1 Å². The summed E-state index contributed by atoms with van der Waals surface area (Å²) in [7, 11) is 3.17. The first-order valence-electron chi connectivity index (χ1n) is 6.80. The Balaban J connectivity index is 1.79. The van der Waals surface area contributed by atoms with Crippen LogP contribution in [-0.4, -0.2) is 10.1 Å². The third kappa shape index (κ3) is 0.0491. The van der Waals surface area contributed by atoms with E-state index < -0.39 is 6.51 Å². The molecule has 1 nitrogen and oxygen atoms in total. The molecule has 2 N–H and O–H groups in total. The van der Waals surface area contributed by atoms with Crippen LogP contribution in [0.2, 0.25) is 42.8 Å². The molecular weight excluding hydrogens is 257 g/mol. The Morgan fingerprint density at radius 2 is 1.69 bits per heavy atom. The van der Waals surface area contributed by atoms with Gasteiger partial charge in [0.15, 0.2) is 0 Å². The molecule has 86 valence electrons. The molecule has 0 saturated carbocycles. The average Bonchev–Trinajstić information content (AvgIpc) is 3.21. The normalized spacial score (nSPS) is 132. The minimum atomic E-state index is -3.11. The van der Waals surface area contributed by atoms with Crippen LogP contribution < -0.4 is 5.73 Å². The summed E-state index contributed by atoms with van der Waals surface area (Å²) in [5.41, 5.74) is 7.92. The molecule has 10 saturated heterocycles. The van der Waals surface area contributed by atoms with E-state index in [1.54, 1.807) is 0 Å². The van der Waals surface area contributed by atoms with Gasteiger partial charge in [-0.05, 0) is 0 Å². The van der Waals surface area contributed by atoms with Gasteiger partial charge in [0.2, 0.25) is 0 Å². The molecule has 0 aromatic heterocycles. The summed E-state index contributed by atoms with van der Waals surface area (Å²) >= 11 is 0. The van der Waals surface area contributed by atoms with Crippen LogP contribution in [-0.2, 0) is 6.51 Å². The summed E-state index contributed by atoms with van der Waals surface area (Å²) in [6, 6.07) is 0. The van der Waals surface area contributed by atoms with Crippen molar-refractivity contribution in [1.82, 2.24) is 0 Å². The first kappa shape index (κ1) is 6.20. The van der Waals surface area contributed by atoms with Gasteiger partial charge in [-0.2, -0.15) is 0 Å². The van der Waals surface area contributed by atoms with Crippen LogP contribution in [0.15, 0.2) is 12.7 Å². The second-order valence-electron chi connectivity index (χ2n) is 10.6. The van der Waals surface area contributed by atoms with Gasteiger partial charge in [-0.3, -0.25) is 0 Å². The Hall–Kier alpha value is 0.649. The van der Waals surface area contributed by atoms with E-state index in [4.69, 9.17) is 5.73 Å². The fraction of sp³-hybridized carbons (Fsp3) is 0.846. The van der Waals surface area contributed by atoms with Gasteiger partial charge in [-0.25, -0.2) is 0 Å². The predicted molar refractivity (Wildman–Crippen MR) is 63.3 cm³/mol. The fourth-order valence-electron chi connectivity index (χ4n) is 18.0. The second-order valence-corrected chi connectivity index (χ2v) is 34.6. The summed E-state index contributed by atoms with van der Waals surface area (Å²) < 4.78 is 1.28. The van der Waals surface area contributed by atoms with Crippen LogP contribution in [0.1, 0.15) is 0 Å². The maximum atomic E-state index is 7.21. The molecular formula is C13H16FeNP. The molecule has 3 heteroatoms. The predicted octanol–water partition coefficient (Wildman–Crippen LogP) is 3.04. The van der Waals surface area contributed by atoms with Gasteiger partial charge < -0.3 is 0 Å². The van der Waals surface area contributed by atoms with Gasteiger partial charge in [0, 0.05) is 0 Å². The van der Waals surface area contributed by atoms with E-state index in [0.717, 1.165) is 4.31 Å². The van der Waals surface area contributed by atoms with Crippen molar-refractivity contribution in [3.63, 3.8) is 0 Å². The summed E-state index contributed by atoms with van der Waals surface area (Å²) in [6.07, 6.45) is 2.26. The van der Waals surface area contributed by atoms with Crippen molar-refractivity contribution in [2.24, 2.45) is 5.73 Å². The SMILES string of the molecule is C=CC(P)[C]12[CH]3[CH]4[CH]5[C]1(N)[Fe]45321678[CH]2[CH]1[CH]6[CH]7[CH]28. The number of rotatable bonds is 2. The quantitative estimate of drug-likeness (QED) is 0.467. The standard InChI is InChI=1S/C8H11NP.C5H5.Fe/c1-2-8(10)6-4-3-5-7(6)9;1-2-4-5-3-1;/h2-5,8H,1,9-10H2;1-5H;. The van der Waals surface area contributed by atoms with Gasteiger partial charge in [-0.1, -0.05) is 0 Å². The zero-order valence-corrected chi connectivity index (χ0v) is 11.2. The first-order chi connectivity index (χ1) is 7.42. The third-order valence-electron chi connectivity index (χ3n) is 15.8. The Morgan fingerprint density at radius 1 is 1.12 bits per heavy atom. The molecule has 10 fully saturated rings.